The number of carbonyl (C=O) groups excluding carboxylic acids is 3. The summed E-state index contributed by atoms with van der Waals surface area (Å²) >= 11 is 6.01. The first-order valence-corrected chi connectivity index (χ1v) is 11.4. The van der Waals surface area contributed by atoms with Crippen molar-refractivity contribution >= 4 is 46.9 Å². The Morgan fingerprint density at radius 3 is 2.32 bits per heavy atom. The van der Waals surface area contributed by atoms with Gasteiger partial charge in [0.1, 0.15) is 5.75 Å². The maximum Gasteiger partial charge on any atom is 0.416 e. The number of para-hydroxylation sites is 1. The van der Waals surface area contributed by atoms with Gasteiger partial charge >= 0.3 is 18.0 Å². The van der Waals surface area contributed by atoms with Gasteiger partial charge in [0.25, 0.3) is 5.91 Å². The van der Waals surface area contributed by atoms with E-state index in [1.165, 1.54) is 30.3 Å². The summed E-state index contributed by atoms with van der Waals surface area (Å²) in [5.74, 6) is -2.51. The van der Waals surface area contributed by atoms with Crippen molar-refractivity contribution in [2.45, 2.75) is 20.0 Å². The molecule has 3 N–H and O–H groups in total. The molecule has 0 radical (unpaired) electrons. The van der Waals surface area contributed by atoms with Crippen molar-refractivity contribution in [3.63, 3.8) is 0 Å². The smallest absolute Gasteiger partial charge is 0.416 e. The number of nitrogens with zero attached hydrogens (tertiary/aromatic N) is 1. The number of ether oxygens (including phenoxy) is 1. The van der Waals surface area contributed by atoms with Crippen molar-refractivity contribution in [2.75, 3.05) is 17.2 Å². The Balaban J connectivity index is 1.60. The molecule has 3 amide bonds. The van der Waals surface area contributed by atoms with Gasteiger partial charge in [-0.1, -0.05) is 35.9 Å². The Labute approximate surface area is 220 Å². The summed E-state index contributed by atoms with van der Waals surface area (Å²) in [5, 5.41) is 8.91. The van der Waals surface area contributed by atoms with Crippen LogP contribution in [0.15, 0.2) is 65.8 Å². The number of rotatable bonds is 7. The fourth-order valence-corrected chi connectivity index (χ4v) is 3.44. The third-order valence-corrected chi connectivity index (χ3v) is 5.33. The molecule has 8 nitrogen and oxygen atoms in total. The fourth-order valence-electron chi connectivity index (χ4n) is 3.26. The molecule has 0 heterocycles. The number of hydrogen-bond donors (Lipinski definition) is 3. The second kappa shape index (κ2) is 12.2. The van der Waals surface area contributed by atoms with Crippen molar-refractivity contribution in [1.82, 2.24) is 5.43 Å². The van der Waals surface area contributed by atoms with E-state index in [9.17, 15) is 27.6 Å². The lowest BCUT2D eigenvalue weighted by Gasteiger charge is -2.12. The van der Waals surface area contributed by atoms with Gasteiger partial charge in [-0.2, -0.15) is 18.3 Å². The summed E-state index contributed by atoms with van der Waals surface area (Å²) in [7, 11) is 0. The monoisotopic (exact) mass is 546 g/mol. The Kier molecular flexibility index (Phi) is 9.08. The SMILES string of the molecule is Cc1cccc(C)c1NC(=O)C(=O)N/N=C\c1cc(Cl)ccc1OCC(=O)Nc1cccc(C(F)(F)F)c1. The topological polar surface area (TPSA) is 109 Å². The van der Waals surface area contributed by atoms with E-state index < -0.39 is 36.1 Å². The maximum atomic E-state index is 12.9. The largest absolute Gasteiger partial charge is 0.483 e. The minimum absolute atomic E-state index is 0.0480. The van der Waals surface area contributed by atoms with E-state index in [0.717, 1.165) is 29.5 Å². The van der Waals surface area contributed by atoms with Gasteiger partial charge in [-0.25, -0.2) is 5.43 Å². The zero-order valence-electron chi connectivity index (χ0n) is 20.2. The lowest BCUT2D eigenvalue weighted by Crippen LogP contribution is -2.32. The van der Waals surface area contributed by atoms with Crippen LogP contribution < -0.4 is 20.8 Å². The van der Waals surface area contributed by atoms with Crippen LogP contribution in [0.5, 0.6) is 5.75 Å². The van der Waals surface area contributed by atoms with Gasteiger partial charge < -0.3 is 15.4 Å². The highest BCUT2D eigenvalue weighted by Crippen LogP contribution is 2.30. The van der Waals surface area contributed by atoms with Crippen LogP contribution in [0.1, 0.15) is 22.3 Å². The van der Waals surface area contributed by atoms with Gasteiger partial charge in [0.05, 0.1) is 11.8 Å². The van der Waals surface area contributed by atoms with Crippen LogP contribution in [0, 0.1) is 13.8 Å². The number of alkyl halides is 3. The van der Waals surface area contributed by atoms with E-state index >= 15 is 0 Å². The van der Waals surface area contributed by atoms with Crippen molar-refractivity contribution in [3.05, 3.63) is 87.9 Å². The number of amides is 3. The number of hydrazone groups is 1. The highest BCUT2D eigenvalue weighted by molar-refractivity contribution is 6.39. The van der Waals surface area contributed by atoms with Gasteiger partial charge in [-0.3, -0.25) is 14.4 Å². The lowest BCUT2D eigenvalue weighted by atomic mass is 10.1. The number of nitrogens with one attached hydrogen (secondary N) is 3. The van der Waals surface area contributed by atoms with Crippen LogP contribution in [0.2, 0.25) is 5.02 Å². The van der Waals surface area contributed by atoms with Gasteiger partial charge in [0.2, 0.25) is 0 Å². The van der Waals surface area contributed by atoms with Gasteiger partial charge in [0, 0.05) is 22.0 Å². The number of halogens is 4. The summed E-state index contributed by atoms with van der Waals surface area (Å²) in [5.41, 5.74) is 3.50. The normalized spacial score (nSPS) is 11.2. The van der Waals surface area contributed by atoms with Crippen molar-refractivity contribution in [1.29, 1.82) is 0 Å². The molecule has 0 aliphatic rings. The average Bonchev–Trinajstić information content (AvgIpc) is 2.85. The molecule has 0 saturated carbocycles. The second-order valence-electron chi connectivity index (χ2n) is 8.02. The maximum absolute atomic E-state index is 12.9. The summed E-state index contributed by atoms with van der Waals surface area (Å²) in [4.78, 5) is 36.6. The molecular formula is C26H22ClF3N4O4. The molecule has 0 spiro atoms. The van der Waals surface area contributed by atoms with Gasteiger partial charge in [-0.15, -0.1) is 0 Å². The third-order valence-electron chi connectivity index (χ3n) is 5.10. The first kappa shape index (κ1) is 28.2. The Morgan fingerprint density at radius 2 is 1.63 bits per heavy atom. The second-order valence-corrected chi connectivity index (χ2v) is 8.45. The number of anilines is 2. The van der Waals surface area contributed by atoms with Crippen LogP contribution in [0.3, 0.4) is 0 Å². The van der Waals surface area contributed by atoms with Crippen molar-refractivity contribution < 1.29 is 32.3 Å². The van der Waals surface area contributed by atoms with Crippen LogP contribution in [0.25, 0.3) is 0 Å². The van der Waals surface area contributed by atoms with Crippen LogP contribution in [-0.2, 0) is 20.6 Å². The van der Waals surface area contributed by atoms with Crippen LogP contribution in [-0.4, -0.2) is 30.5 Å². The molecule has 3 aromatic carbocycles. The average molecular weight is 547 g/mol. The van der Waals surface area contributed by atoms with E-state index in [2.05, 4.69) is 21.2 Å². The fraction of sp³-hybridized carbons (Fsp3) is 0.154. The molecule has 0 unspecified atom stereocenters. The summed E-state index contributed by atoms with van der Waals surface area (Å²) in [6.45, 7) is 3.04. The summed E-state index contributed by atoms with van der Waals surface area (Å²) < 4.78 is 44.1. The predicted molar refractivity (Wildman–Crippen MR) is 137 cm³/mol. The molecule has 38 heavy (non-hydrogen) atoms. The Morgan fingerprint density at radius 1 is 0.947 bits per heavy atom. The third kappa shape index (κ3) is 7.81. The summed E-state index contributed by atoms with van der Waals surface area (Å²) in [6, 6.07) is 13.9. The van der Waals surface area contributed by atoms with Gasteiger partial charge in [-0.05, 0) is 61.4 Å². The molecule has 0 aromatic heterocycles. The summed E-state index contributed by atoms with van der Waals surface area (Å²) in [6.07, 6.45) is -3.39. The van der Waals surface area contributed by atoms with Crippen molar-refractivity contribution in [3.8, 4) is 5.75 Å². The quantitative estimate of drug-likeness (QED) is 0.218. The van der Waals surface area contributed by atoms with Crippen molar-refractivity contribution in [2.24, 2.45) is 5.10 Å². The zero-order valence-corrected chi connectivity index (χ0v) is 20.9. The molecule has 0 fully saturated rings. The molecular weight excluding hydrogens is 525 g/mol. The van der Waals surface area contributed by atoms with Crippen LogP contribution in [0.4, 0.5) is 24.5 Å². The molecule has 198 valence electrons. The minimum Gasteiger partial charge on any atom is -0.483 e. The highest BCUT2D eigenvalue weighted by atomic mass is 35.5. The molecule has 0 aliphatic carbocycles. The number of aryl methyl sites for hydroxylation is 2. The minimum atomic E-state index is -4.55. The van der Waals surface area contributed by atoms with E-state index in [4.69, 9.17) is 16.3 Å². The van der Waals surface area contributed by atoms with E-state index in [0.29, 0.717) is 10.7 Å². The van der Waals surface area contributed by atoms with Gasteiger partial charge in [0.15, 0.2) is 6.61 Å². The molecule has 0 saturated heterocycles. The molecule has 3 aromatic rings. The Bertz CT molecular complexity index is 1370. The lowest BCUT2D eigenvalue weighted by molar-refractivity contribution is -0.137. The number of hydrogen-bond acceptors (Lipinski definition) is 5. The van der Waals surface area contributed by atoms with Crippen LogP contribution >= 0.6 is 11.6 Å². The number of carbonyl (C=O) groups is 3. The predicted octanol–water partition coefficient (Wildman–Crippen LogP) is 5.08. The first-order chi connectivity index (χ1) is 17.9. The van der Waals surface area contributed by atoms with E-state index in [1.54, 1.807) is 26.0 Å². The highest BCUT2D eigenvalue weighted by Gasteiger charge is 2.30. The zero-order chi connectivity index (χ0) is 27.9. The Hall–Kier alpha value is -4.38. The first-order valence-electron chi connectivity index (χ1n) is 11.0. The molecule has 0 atom stereocenters. The van der Waals surface area contributed by atoms with E-state index in [1.807, 2.05) is 6.07 Å². The molecule has 3 rings (SSSR count). The molecule has 12 heteroatoms. The molecule has 0 bridgehead atoms. The standard InChI is InChI=1S/C26H22ClF3N4O4/c1-15-5-3-6-16(2)23(15)33-24(36)25(37)34-31-13-17-11-19(27)9-10-21(17)38-14-22(35)32-20-8-4-7-18(12-20)26(28,29)30/h3-13H,14H2,1-2H3,(H,32,35)(H,33,36)(H,34,37)/b31-13-. The number of benzene rings is 3. The molecule has 0 aliphatic heterocycles. The van der Waals surface area contributed by atoms with E-state index in [-0.39, 0.29) is 17.0 Å².